The monoisotopic (exact) mass is 220 g/mol. The Morgan fingerprint density at radius 2 is 1.94 bits per heavy atom. The molecule has 1 aromatic carbocycles. The van der Waals surface area contributed by atoms with Crippen molar-refractivity contribution in [3.05, 3.63) is 34.9 Å². The first kappa shape index (κ1) is 12.1. The number of hydrogen-bond acceptors (Lipinski definition) is 2. The second-order valence-electron chi connectivity index (χ2n) is 3.28. The first-order valence-electron chi connectivity index (χ1n) is 4.83. The smallest absolute Gasteiger partial charge is 0.205 e. The van der Waals surface area contributed by atoms with E-state index in [-0.39, 0.29) is 24.8 Å². The molecule has 0 amide bonds. The van der Waals surface area contributed by atoms with Gasteiger partial charge in [0.15, 0.2) is 0 Å². The number of hydrogen-bond donors (Lipinski definition) is 0. The van der Waals surface area contributed by atoms with Gasteiger partial charge in [-0.1, -0.05) is 18.2 Å². The largest absolute Gasteiger partial charge is 0.264 e. The van der Waals surface area contributed by atoms with Crippen LogP contribution in [0.15, 0.2) is 18.2 Å². The SMILES string of the molecule is N#CCCc1c(CC#N)cccc1C(F)F. The molecular weight excluding hydrogens is 210 g/mol. The van der Waals surface area contributed by atoms with Gasteiger partial charge in [0.25, 0.3) is 6.43 Å². The van der Waals surface area contributed by atoms with E-state index >= 15 is 0 Å². The molecule has 0 fully saturated rings. The highest BCUT2D eigenvalue weighted by Crippen LogP contribution is 2.26. The van der Waals surface area contributed by atoms with Gasteiger partial charge in [0.05, 0.1) is 18.6 Å². The molecule has 0 spiro atoms. The molecule has 2 nitrogen and oxygen atoms in total. The molecule has 0 saturated heterocycles. The highest BCUT2D eigenvalue weighted by molar-refractivity contribution is 5.38. The van der Waals surface area contributed by atoms with Crippen LogP contribution in [-0.2, 0) is 12.8 Å². The molecule has 4 heteroatoms. The van der Waals surface area contributed by atoms with Crippen LogP contribution in [0.3, 0.4) is 0 Å². The van der Waals surface area contributed by atoms with Gasteiger partial charge < -0.3 is 0 Å². The summed E-state index contributed by atoms with van der Waals surface area (Å²) < 4.78 is 25.4. The van der Waals surface area contributed by atoms with E-state index in [2.05, 4.69) is 0 Å². The summed E-state index contributed by atoms with van der Waals surface area (Å²) in [6.07, 6.45) is -2.01. The van der Waals surface area contributed by atoms with Crippen LogP contribution in [0.5, 0.6) is 0 Å². The first-order valence-corrected chi connectivity index (χ1v) is 4.83. The number of nitriles is 2. The Bertz CT molecular complexity index is 441. The Labute approximate surface area is 92.7 Å². The third-order valence-electron chi connectivity index (χ3n) is 2.30. The van der Waals surface area contributed by atoms with Crippen LogP contribution in [0.1, 0.15) is 29.5 Å². The predicted octanol–water partition coefficient (Wildman–Crippen LogP) is 3.15. The molecule has 0 atom stereocenters. The minimum atomic E-state index is -2.56. The van der Waals surface area contributed by atoms with E-state index in [1.54, 1.807) is 6.07 Å². The minimum Gasteiger partial charge on any atom is -0.205 e. The van der Waals surface area contributed by atoms with Crippen LogP contribution in [0, 0.1) is 22.7 Å². The summed E-state index contributed by atoms with van der Waals surface area (Å²) >= 11 is 0. The Hall–Kier alpha value is -1.94. The van der Waals surface area contributed by atoms with Crippen molar-refractivity contribution in [1.29, 1.82) is 10.5 Å². The van der Waals surface area contributed by atoms with Gasteiger partial charge in [-0.05, 0) is 17.5 Å². The second kappa shape index (κ2) is 5.82. The highest BCUT2D eigenvalue weighted by atomic mass is 19.3. The quantitative estimate of drug-likeness (QED) is 0.782. The van der Waals surface area contributed by atoms with Crippen LogP contribution in [0.2, 0.25) is 0 Å². The van der Waals surface area contributed by atoms with Crippen molar-refractivity contribution in [3.63, 3.8) is 0 Å². The molecule has 0 saturated carbocycles. The molecule has 82 valence electrons. The lowest BCUT2D eigenvalue weighted by atomic mass is 9.95. The normalized spacial score (nSPS) is 9.81. The molecular formula is C12H10F2N2. The average Bonchev–Trinajstić information content (AvgIpc) is 2.27. The summed E-state index contributed by atoms with van der Waals surface area (Å²) in [5.41, 5.74) is 0.971. The van der Waals surface area contributed by atoms with Gasteiger partial charge in [0, 0.05) is 12.0 Å². The molecule has 0 unspecified atom stereocenters. The summed E-state index contributed by atoms with van der Waals surface area (Å²) in [6, 6.07) is 8.38. The van der Waals surface area contributed by atoms with Crippen LogP contribution >= 0.6 is 0 Å². The first-order chi connectivity index (χ1) is 7.70. The van der Waals surface area contributed by atoms with Gasteiger partial charge in [-0.15, -0.1) is 0 Å². The molecule has 0 bridgehead atoms. The van der Waals surface area contributed by atoms with E-state index in [1.807, 2.05) is 12.1 Å². The van der Waals surface area contributed by atoms with Crippen molar-refractivity contribution < 1.29 is 8.78 Å². The maximum absolute atomic E-state index is 12.7. The topological polar surface area (TPSA) is 47.6 Å². The molecule has 0 N–H and O–H groups in total. The third kappa shape index (κ3) is 2.77. The summed E-state index contributed by atoms with van der Waals surface area (Å²) in [5.74, 6) is 0. The molecule has 16 heavy (non-hydrogen) atoms. The van der Waals surface area contributed by atoms with Gasteiger partial charge in [-0.3, -0.25) is 0 Å². The Kier molecular flexibility index (Phi) is 4.42. The molecule has 0 aliphatic rings. The molecule has 1 aromatic rings. The second-order valence-corrected chi connectivity index (χ2v) is 3.28. The van der Waals surface area contributed by atoms with Gasteiger partial charge in [-0.2, -0.15) is 10.5 Å². The Balaban J connectivity index is 3.14. The fraction of sp³-hybridized carbons (Fsp3) is 0.333. The van der Waals surface area contributed by atoms with Gasteiger partial charge in [0.1, 0.15) is 0 Å². The van der Waals surface area contributed by atoms with E-state index in [1.165, 1.54) is 12.1 Å². The number of nitrogens with zero attached hydrogens (tertiary/aromatic N) is 2. The summed E-state index contributed by atoms with van der Waals surface area (Å²) in [5, 5.41) is 17.1. The van der Waals surface area contributed by atoms with Crippen LogP contribution < -0.4 is 0 Å². The van der Waals surface area contributed by atoms with E-state index in [0.29, 0.717) is 11.1 Å². The Morgan fingerprint density at radius 3 is 2.50 bits per heavy atom. The number of alkyl halides is 2. The zero-order valence-electron chi connectivity index (χ0n) is 8.58. The summed E-state index contributed by atoms with van der Waals surface area (Å²) in [7, 11) is 0. The van der Waals surface area contributed by atoms with E-state index in [0.717, 1.165) is 0 Å². The summed E-state index contributed by atoms with van der Waals surface area (Å²) in [6.45, 7) is 0. The average molecular weight is 220 g/mol. The molecule has 0 heterocycles. The number of rotatable bonds is 4. The van der Waals surface area contributed by atoms with Crippen molar-refractivity contribution in [2.24, 2.45) is 0 Å². The van der Waals surface area contributed by atoms with Crippen molar-refractivity contribution in [2.75, 3.05) is 0 Å². The lowest BCUT2D eigenvalue weighted by molar-refractivity contribution is 0.150. The Morgan fingerprint density at radius 1 is 1.19 bits per heavy atom. The van der Waals surface area contributed by atoms with Gasteiger partial charge in [0.2, 0.25) is 0 Å². The van der Waals surface area contributed by atoms with Crippen molar-refractivity contribution in [2.45, 2.75) is 25.7 Å². The highest BCUT2D eigenvalue weighted by Gasteiger charge is 2.15. The summed E-state index contributed by atoms with van der Waals surface area (Å²) in [4.78, 5) is 0. The third-order valence-corrected chi connectivity index (χ3v) is 2.30. The van der Waals surface area contributed by atoms with E-state index in [9.17, 15) is 8.78 Å². The molecule has 0 aromatic heterocycles. The van der Waals surface area contributed by atoms with Crippen molar-refractivity contribution in [3.8, 4) is 12.1 Å². The fourth-order valence-corrected chi connectivity index (χ4v) is 1.60. The fourth-order valence-electron chi connectivity index (χ4n) is 1.60. The van der Waals surface area contributed by atoms with E-state index in [4.69, 9.17) is 10.5 Å². The predicted molar refractivity (Wildman–Crippen MR) is 54.7 cm³/mol. The lowest BCUT2D eigenvalue weighted by Crippen LogP contribution is -2.00. The van der Waals surface area contributed by atoms with Crippen molar-refractivity contribution >= 4 is 0 Å². The van der Waals surface area contributed by atoms with E-state index < -0.39 is 6.43 Å². The zero-order valence-corrected chi connectivity index (χ0v) is 8.58. The van der Waals surface area contributed by atoms with Crippen LogP contribution in [0.25, 0.3) is 0 Å². The zero-order chi connectivity index (χ0) is 12.0. The molecule has 1 rings (SSSR count). The molecule has 0 aliphatic carbocycles. The number of halogens is 2. The number of benzene rings is 1. The van der Waals surface area contributed by atoms with Crippen LogP contribution in [0.4, 0.5) is 8.78 Å². The van der Waals surface area contributed by atoms with Crippen LogP contribution in [-0.4, -0.2) is 0 Å². The minimum absolute atomic E-state index is 0.0667. The lowest BCUT2D eigenvalue weighted by Gasteiger charge is -2.11. The van der Waals surface area contributed by atoms with Gasteiger partial charge >= 0.3 is 0 Å². The maximum atomic E-state index is 12.7. The van der Waals surface area contributed by atoms with Crippen molar-refractivity contribution in [1.82, 2.24) is 0 Å². The van der Waals surface area contributed by atoms with Gasteiger partial charge in [-0.25, -0.2) is 8.78 Å². The molecule has 0 aliphatic heterocycles. The maximum Gasteiger partial charge on any atom is 0.264 e. The molecule has 0 radical (unpaired) electrons. The standard InChI is InChI=1S/C12H10F2N2/c13-12(14)11-4-1-3-9(6-8-16)10(11)5-2-7-15/h1,3-4,12H,2,5-6H2.